The van der Waals surface area contributed by atoms with Crippen molar-refractivity contribution in [3.63, 3.8) is 0 Å². The van der Waals surface area contributed by atoms with Gasteiger partial charge in [0.05, 0.1) is 12.7 Å². The van der Waals surface area contributed by atoms with Gasteiger partial charge in [0.1, 0.15) is 6.10 Å². The van der Waals surface area contributed by atoms with Gasteiger partial charge in [-0.25, -0.2) is 0 Å². The molecule has 0 radical (unpaired) electrons. The van der Waals surface area contributed by atoms with Gasteiger partial charge >= 0.3 is 0 Å². The molecule has 1 aliphatic heterocycles. The molecule has 0 saturated carbocycles. The molecule has 0 spiro atoms. The number of hydrogen-bond acceptors (Lipinski definition) is 5. The number of nitrogens with one attached hydrogen (secondary N) is 1. The maximum atomic E-state index is 6.57. The lowest BCUT2D eigenvalue weighted by molar-refractivity contribution is -0.343. The molecule has 49 heavy (non-hydrogen) atoms. The smallest absolute Gasteiger partial charge is 0.280 e. The van der Waals surface area contributed by atoms with Crippen molar-refractivity contribution in [2.24, 2.45) is 0 Å². The molecule has 286 valence electrons. The number of ether oxygens (including phenoxy) is 3. The molecule has 5 nitrogen and oxygen atoms in total. The van der Waals surface area contributed by atoms with Gasteiger partial charge in [-0.2, -0.15) is 0 Å². The molecular weight excluding hydrogens is 604 g/mol. The Morgan fingerprint density at radius 1 is 0.612 bits per heavy atom. The first-order valence-electron chi connectivity index (χ1n) is 21.0. The predicted octanol–water partition coefficient (Wildman–Crippen LogP) is 12.9. The number of allylic oxidation sites excluding steroid dienone is 8. The highest BCUT2D eigenvalue weighted by Crippen LogP contribution is 2.29. The molecule has 0 aromatic carbocycles. The van der Waals surface area contributed by atoms with Crippen LogP contribution in [0.25, 0.3) is 0 Å². The maximum Gasteiger partial charge on any atom is 0.280 e. The standard InChI is InChI=1S/C44H82N2O3/c1-6-8-10-12-14-16-18-20-22-24-26-28-30-32-34-36-38-42(48-44(3)47-41-43(49-44)40-45-46(4)5)39-37-35-33-31-29-27-25-23-21-19-17-15-13-11-9-7-2/h14-17,20-23,42-43,45H,6-13,18-19,24-41H2,1-5H3/b16-14-,17-15-,22-20-,23-21-. The van der Waals surface area contributed by atoms with Crippen LogP contribution >= 0.6 is 0 Å². The molecule has 1 heterocycles. The fourth-order valence-electron chi connectivity index (χ4n) is 6.35. The summed E-state index contributed by atoms with van der Waals surface area (Å²) in [6.45, 7) is 7.80. The van der Waals surface area contributed by atoms with Gasteiger partial charge in [-0.05, 0) is 77.0 Å². The Morgan fingerprint density at radius 2 is 1.02 bits per heavy atom. The Hall–Kier alpha value is -1.24. The molecule has 0 aromatic heterocycles. The summed E-state index contributed by atoms with van der Waals surface area (Å²) in [5.41, 5.74) is 3.31. The van der Waals surface area contributed by atoms with E-state index < -0.39 is 5.97 Å². The van der Waals surface area contributed by atoms with Crippen molar-refractivity contribution in [1.29, 1.82) is 0 Å². The highest BCUT2D eigenvalue weighted by atomic mass is 16.9. The summed E-state index contributed by atoms with van der Waals surface area (Å²) < 4.78 is 18.9. The first-order valence-corrected chi connectivity index (χ1v) is 21.0. The van der Waals surface area contributed by atoms with E-state index in [1.165, 1.54) is 141 Å². The summed E-state index contributed by atoms with van der Waals surface area (Å²) >= 11 is 0. The minimum atomic E-state index is -0.931. The van der Waals surface area contributed by atoms with Crippen LogP contribution in [0.15, 0.2) is 48.6 Å². The Labute approximate surface area is 305 Å². The lowest BCUT2D eigenvalue weighted by Gasteiger charge is -2.29. The Kier molecular flexibility index (Phi) is 31.7. The fourth-order valence-corrected chi connectivity index (χ4v) is 6.35. The third-order valence-corrected chi connectivity index (χ3v) is 9.38. The summed E-state index contributed by atoms with van der Waals surface area (Å²) in [6, 6.07) is 0. The van der Waals surface area contributed by atoms with E-state index in [2.05, 4.69) is 67.9 Å². The third kappa shape index (κ3) is 30.1. The van der Waals surface area contributed by atoms with Crippen molar-refractivity contribution in [2.75, 3.05) is 27.2 Å². The second kappa shape index (κ2) is 33.9. The van der Waals surface area contributed by atoms with Crippen molar-refractivity contribution in [1.82, 2.24) is 10.4 Å². The number of hydrazine groups is 1. The quantitative estimate of drug-likeness (QED) is 0.0408. The van der Waals surface area contributed by atoms with Crippen LogP contribution in [0.5, 0.6) is 0 Å². The first-order chi connectivity index (χ1) is 24.0. The number of unbranched alkanes of at least 4 members (excludes halogenated alkanes) is 18. The van der Waals surface area contributed by atoms with Crippen LogP contribution in [0.1, 0.15) is 188 Å². The molecule has 0 amide bonds. The van der Waals surface area contributed by atoms with Crippen LogP contribution in [0.2, 0.25) is 0 Å². The van der Waals surface area contributed by atoms with E-state index in [0.717, 1.165) is 32.2 Å². The van der Waals surface area contributed by atoms with Crippen LogP contribution < -0.4 is 5.43 Å². The zero-order valence-electron chi connectivity index (χ0n) is 33.2. The van der Waals surface area contributed by atoms with Crippen molar-refractivity contribution >= 4 is 0 Å². The Morgan fingerprint density at radius 3 is 1.45 bits per heavy atom. The van der Waals surface area contributed by atoms with Crippen molar-refractivity contribution < 1.29 is 14.2 Å². The molecule has 1 saturated heterocycles. The van der Waals surface area contributed by atoms with Crippen molar-refractivity contribution in [3.05, 3.63) is 48.6 Å². The normalized spacial score (nSPS) is 18.7. The maximum absolute atomic E-state index is 6.57. The van der Waals surface area contributed by atoms with Crippen LogP contribution in [-0.2, 0) is 14.2 Å². The minimum Gasteiger partial charge on any atom is -0.325 e. The van der Waals surface area contributed by atoms with Crippen LogP contribution in [0, 0.1) is 0 Å². The molecular formula is C44H82N2O3. The topological polar surface area (TPSA) is 43.0 Å². The molecule has 1 N–H and O–H groups in total. The van der Waals surface area contributed by atoms with Gasteiger partial charge in [-0.15, -0.1) is 0 Å². The first kappa shape index (κ1) is 45.8. The average molecular weight is 687 g/mol. The van der Waals surface area contributed by atoms with Gasteiger partial charge in [-0.1, -0.05) is 152 Å². The van der Waals surface area contributed by atoms with E-state index in [9.17, 15) is 0 Å². The van der Waals surface area contributed by atoms with Crippen LogP contribution in [0.4, 0.5) is 0 Å². The summed E-state index contributed by atoms with van der Waals surface area (Å²) in [5.74, 6) is -0.931. The van der Waals surface area contributed by atoms with Gasteiger partial charge in [0.2, 0.25) is 0 Å². The van der Waals surface area contributed by atoms with Gasteiger partial charge < -0.3 is 14.2 Å². The number of nitrogens with zero attached hydrogens (tertiary/aromatic N) is 1. The molecule has 1 fully saturated rings. The zero-order chi connectivity index (χ0) is 35.5. The molecule has 2 atom stereocenters. The zero-order valence-corrected chi connectivity index (χ0v) is 33.2. The third-order valence-electron chi connectivity index (χ3n) is 9.38. The molecule has 0 aliphatic carbocycles. The Bertz CT molecular complexity index is 775. The Balaban J connectivity index is 2.24. The van der Waals surface area contributed by atoms with Gasteiger partial charge in [-0.3, -0.25) is 10.4 Å². The van der Waals surface area contributed by atoms with Gasteiger partial charge in [0.15, 0.2) is 0 Å². The molecule has 0 aromatic rings. The second-order valence-electron chi connectivity index (χ2n) is 14.7. The second-order valence-corrected chi connectivity index (χ2v) is 14.7. The van der Waals surface area contributed by atoms with Crippen LogP contribution in [-0.4, -0.2) is 50.4 Å². The largest absolute Gasteiger partial charge is 0.325 e. The van der Waals surface area contributed by atoms with Crippen molar-refractivity contribution in [3.8, 4) is 0 Å². The monoisotopic (exact) mass is 687 g/mol. The lowest BCUT2D eigenvalue weighted by atomic mass is 10.0. The van der Waals surface area contributed by atoms with Crippen molar-refractivity contribution in [2.45, 2.75) is 206 Å². The minimum absolute atomic E-state index is 0.0109. The molecule has 1 rings (SSSR count). The fraction of sp³-hybridized carbons (Fsp3) is 0.818. The molecule has 2 unspecified atom stereocenters. The van der Waals surface area contributed by atoms with E-state index in [1.54, 1.807) is 0 Å². The van der Waals surface area contributed by atoms with Gasteiger partial charge in [0, 0.05) is 27.6 Å². The summed E-state index contributed by atoms with van der Waals surface area (Å²) in [4.78, 5) is 0. The van der Waals surface area contributed by atoms with E-state index in [0.29, 0.717) is 6.61 Å². The van der Waals surface area contributed by atoms with Crippen LogP contribution in [0.3, 0.4) is 0 Å². The number of hydrogen-bond donors (Lipinski definition) is 1. The lowest BCUT2D eigenvalue weighted by Crippen LogP contribution is -2.40. The number of rotatable bonds is 35. The average Bonchev–Trinajstić information content (AvgIpc) is 3.46. The van der Waals surface area contributed by atoms with E-state index in [4.69, 9.17) is 14.2 Å². The molecule has 5 heteroatoms. The predicted molar refractivity (Wildman–Crippen MR) is 214 cm³/mol. The van der Waals surface area contributed by atoms with E-state index in [-0.39, 0.29) is 12.2 Å². The van der Waals surface area contributed by atoms with E-state index in [1.807, 2.05) is 26.0 Å². The summed E-state index contributed by atoms with van der Waals surface area (Å²) in [5, 5.41) is 1.96. The molecule has 0 bridgehead atoms. The summed E-state index contributed by atoms with van der Waals surface area (Å²) in [7, 11) is 4.00. The molecule has 1 aliphatic rings. The highest BCUT2D eigenvalue weighted by molar-refractivity contribution is 4.93. The van der Waals surface area contributed by atoms with Gasteiger partial charge in [0.25, 0.3) is 5.97 Å². The summed E-state index contributed by atoms with van der Waals surface area (Å²) in [6.07, 6.45) is 51.9. The van der Waals surface area contributed by atoms with E-state index >= 15 is 0 Å². The highest BCUT2D eigenvalue weighted by Gasteiger charge is 2.40. The SMILES string of the molecule is CCCCC/C=C\C/C=C\CCCCCCCCC(CCCCCCCC/C=C\C/C=C\CCCCC)OC1(C)OCC(CNN(C)C)O1.